The van der Waals surface area contributed by atoms with Crippen molar-refractivity contribution < 1.29 is 23.7 Å². The monoisotopic (exact) mass is 380 g/mol. The zero-order valence-electron chi connectivity index (χ0n) is 17.3. The minimum absolute atomic E-state index is 0.0961. The number of rotatable bonds is 8. The molecule has 0 radical (unpaired) electrons. The summed E-state index contributed by atoms with van der Waals surface area (Å²) in [5.74, 6) is 1.74. The van der Waals surface area contributed by atoms with Crippen molar-refractivity contribution in [3.63, 3.8) is 0 Å². The summed E-state index contributed by atoms with van der Waals surface area (Å²) in [5, 5.41) is 0. The number of hydrogen-bond acceptors (Lipinski definition) is 6. The number of likely N-dealkylation sites (tertiary alicyclic amines) is 1. The number of benzene rings is 1. The Morgan fingerprint density at radius 3 is 2.00 bits per heavy atom. The van der Waals surface area contributed by atoms with E-state index in [1.807, 2.05) is 31.1 Å². The molecule has 7 nitrogen and oxygen atoms in total. The van der Waals surface area contributed by atoms with Gasteiger partial charge in [0.25, 0.3) is 0 Å². The molecule has 0 aliphatic carbocycles. The number of piperidine rings is 1. The lowest BCUT2D eigenvalue weighted by atomic mass is 9.90. The highest BCUT2D eigenvalue weighted by Gasteiger charge is 2.36. The molecule has 1 heterocycles. The molecule has 0 bridgehead atoms. The number of nitrogens with zero attached hydrogens (tertiary/aromatic N) is 2. The molecule has 0 unspecified atom stereocenters. The van der Waals surface area contributed by atoms with E-state index in [0.717, 1.165) is 24.9 Å². The van der Waals surface area contributed by atoms with Gasteiger partial charge in [-0.1, -0.05) is 0 Å². The topological polar surface area (TPSA) is 60.5 Å². The molecule has 7 heteroatoms. The first-order valence-electron chi connectivity index (χ1n) is 9.14. The number of likely N-dealkylation sites (N-methyl/N-ethyl adjacent to an activating group) is 1. The second-order valence-corrected chi connectivity index (χ2v) is 7.22. The number of ether oxygens (including phenoxy) is 4. The summed E-state index contributed by atoms with van der Waals surface area (Å²) in [4.78, 5) is 16.9. The van der Waals surface area contributed by atoms with Gasteiger partial charge in [-0.2, -0.15) is 0 Å². The van der Waals surface area contributed by atoms with Gasteiger partial charge in [-0.05, 0) is 44.6 Å². The summed E-state index contributed by atoms with van der Waals surface area (Å²) < 4.78 is 21.9. The highest BCUT2D eigenvalue weighted by molar-refractivity contribution is 5.79. The predicted molar refractivity (Wildman–Crippen MR) is 104 cm³/mol. The smallest absolute Gasteiger partial charge is 0.226 e. The Kier molecular flexibility index (Phi) is 7.33. The molecule has 0 atom stereocenters. The van der Waals surface area contributed by atoms with Gasteiger partial charge in [-0.15, -0.1) is 0 Å². The van der Waals surface area contributed by atoms with Crippen molar-refractivity contribution in [2.75, 3.05) is 62.2 Å². The molecule has 0 spiro atoms. The average Bonchev–Trinajstić information content (AvgIpc) is 2.67. The molecule has 1 amide bonds. The van der Waals surface area contributed by atoms with Crippen LogP contribution in [0.25, 0.3) is 0 Å². The van der Waals surface area contributed by atoms with Crippen molar-refractivity contribution in [2.24, 2.45) is 0 Å². The minimum atomic E-state index is -0.174. The minimum Gasteiger partial charge on any atom is -0.493 e. The van der Waals surface area contributed by atoms with Gasteiger partial charge in [-0.25, -0.2) is 0 Å². The number of carbonyl (C=O) groups excluding carboxylic acids is 1. The maximum Gasteiger partial charge on any atom is 0.226 e. The van der Waals surface area contributed by atoms with Gasteiger partial charge in [0.15, 0.2) is 11.5 Å². The molecule has 1 aromatic rings. The van der Waals surface area contributed by atoms with Gasteiger partial charge < -0.3 is 28.7 Å². The highest BCUT2D eigenvalue weighted by atomic mass is 16.5. The summed E-state index contributed by atoms with van der Waals surface area (Å²) in [6.45, 7) is 2.26. The Bertz CT molecular complexity index is 614. The molecule has 1 saturated heterocycles. The van der Waals surface area contributed by atoms with Gasteiger partial charge in [-0.3, -0.25) is 4.79 Å². The van der Waals surface area contributed by atoms with Crippen molar-refractivity contribution >= 4 is 5.91 Å². The largest absolute Gasteiger partial charge is 0.493 e. The Hall–Kier alpha value is -1.99. The molecule has 1 fully saturated rings. The van der Waals surface area contributed by atoms with E-state index in [-0.39, 0.29) is 11.5 Å². The van der Waals surface area contributed by atoms with Crippen LogP contribution >= 0.6 is 0 Å². The number of carbonyl (C=O) groups is 1. The summed E-state index contributed by atoms with van der Waals surface area (Å²) in [7, 11) is 10.6. The normalized spacial score (nSPS) is 16.3. The Balaban J connectivity index is 2.06. The van der Waals surface area contributed by atoms with E-state index in [1.54, 1.807) is 28.4 Å². The standard InChI is InChI=1S/C20H32N2O5/c1-21(2)14-20(27-6)7-9-22(10-8-20)18(23)13-15-11-16(24-3)19(26-5)17(12-15)25-4/h11-12H,7-10,13-14H2,1-6H3. The van der Waals surface area contributed by atoms with Crippen LogP contribution in [0.4, 0.5) is 0 Å². The van der Waals surface area contributed by atoms with Crippen LogP contribution in [0.2, 0.25) is 0 Å². The van der Waals surface area contributed by atoms with Crippen LogP contribution in [0.15, 0.2) is 12.1 Å². The van der Waals surface area contributed by atoms with Crippen LogP contribution < -0.4 is 14.2 Å². The molecule has 27 heavy (non-hydrogen) atoms. The Labute approximate surface area is 162 Å². The first-order valence-corrected chi connectivity index (χ1v) is 9.14. The highest BCUT2D eigenvalue weighted by Crippen LogP contribution is 2.38. The van der Waals surface area contributed by atoms with Crippen molar-refractivity contribution in [1.82, 2.24) is 9.80 Å². The van der Waals surface area contributed by atoms with Crippen LogP contribution in [0.1, 0.15) is 18.4 Å². The van der Waals surface area contributed by atoms with E-state index in [4.69, 9.17) is 18.9 Å². The van der Waals surface area contributed by atoms with Gasteiger partial charge in [0.2, 0.25) is 11.7 Å². The molecule has 2 rings (SSSR count). The molecular weight excluding hydrogens is 348 g/mol. The van der Waals surface area contributed by atoms with Crippen molar-refractivity contribution in [1.29, 1.82) is 0 Å². The number of methoxy groups -OCH3 is 4. The van der Waals surface area contributed by atoms with E-state index in [1.165, 1.54) is 0 Å². The molecule has 0 saturated carbocycles. The van der Waals surface area contributed by atoms with Crippen LogP contribution in [-0.4, -0.2) is 83.5 Å². The van der Waals surface area contributed by atoms with Crippen molar-refractivity contribution in [3.8, 4) is 17.2 Å². The Morgan fingerprint density at radius 2 is 1.59 bits per heavy atom. The molecule has 1 aromatic carbocycles. The zero-order valence-corrected chi connectivity index (χ0v) is 17.3. The van der Waals surface area contributed by atoms with Crippen LogP contribution in [-0.2, 0) is 16.0 Å². The molecule has 1 aliphatic heterocycles. The first kappa shape index (κ1) is 21.3. The van der Waals surface area contributed by atoms with E-state index in [2.05, 4.69) is 4.90 Å². The second-order valence-electron chi connectivity index (χ2n) is 7.22. The van der Waals surface area contributed by atoms with Gasteiger partial charge in [0.05, 0.1) is 33.4 Å². The summed E-state index contributed by atoms with van der Waals surface area (Å²) in [6.07, 6.45) is 1.97. The lowest BCUT2D eigenvalue weighted by molar-refractivity contribution is -0.136. The van der Waals surface area contributed by atoms with Crippen molar-refractivity contribution in [3.05, 3.63) is 17.7 Å². The first-order chi connectivity index (χ1) is 12.9. The maximum atomic E-state index is 12.8. The summed E-state index contributed by atoms with van der Waals surface area (Å²) in [5.41, 5.74) is 0.665. The maximum absolute atomic E-state index is 12.8. The molecule has 0 aromatic heterocycles. The van der Waals surface area contributed by atoms with E-state index in [9.17, 15) is 4.79 Å². The lowest BCUT2D eigenvalue weighted by Gasteiger charge is -2.42. The third kappa shape index (κ3) is 5.05. The molecule has 1 aliphatic rings. The van der Waals surface area contributed by atoms with Crippen LogP contribution in [0.5, 0.6) is 17.2 Å². The third-order valence-electron chi connectivity index (χ3n) is 5.14. The summed E-state index contributed by atoms with van der Waals surface area (Å²) >= 11 is 0. The fraction of sp³-hybridized carbons (Fsp3) is 0.650. The number of hydrogen-bond donors (Lipinski definition) is 0. The fourth-order valence-corrected chi connectivity index (χ4v) is 3.69. The Morgan fingerprint density at radius 1 is 1.04 bits per heavy atom. The zero-order chi connectivity index (χ0) is 20.0. The molecule has 152 valence electrons. The van der Waals surface area contributed by atoms with E-state index >= 15 is 0 Å². The SMILES string of the molecule is COc1cc(CC(=O)N2CCC(CN(C)C)(OC)CC2)cc(OC)c1OC. The van der Waals surface area contributed by atoms with E-state index < -0.39 is 0 Å². The molecule has 0 N–H and O–H groups in total. The van der Waals surface area contributed by atoms with Crippen LogP contribution in [0.3, 0.4) is 0 Å². The molecular formula is C20H32N2O5. The van der Waals surface area contributed by atoms with Gasteiger partial charge in [0.1, 0.15) is 0 Å². The summed E-state index contributed by atoms with van der Waals surface area (Å²) in [6, 6.07) is 3.66. The van der Waals surface area contributed by atoms with Crippen LogP contribution in [0, 0.1) is 0 Å². The third-order valence-corrected chi connectivity index (χ3v) is 5.14. The number of amides is 1. The second kappa shape index (κ2) is 9.28. The predicted octanol–water partition coefficient (Wildman–Crippen LogP) is 1.82. The van der Waals surface area contributed by atoms with E-state index in [0.29, 0.717) is 36.8 Å². The van der Waals surface area contributed by atoms with Crippen molar-refractivity contribution in [2.45, 2.75) is 24.9 Å². The average molecular weight is 380 g/mol. The quantitative estimate of drug-likeness (QED) is 0.686. The van der Waals surface area contributed by atoms with Gasteiger partial charge in [0, 0.05) is 26.7 Å². The van der Waals surface area contributed by atoms with Gasteiger partial charge >= 0.3 is 0 Å². The fourth-order valence-electron chi connectivity index (χ4n) is 3.69. The lowest BCUT2D eigenvalue weighted by Crippen LogP contribution is -2.52.